The van der Waals surface area contributed by atoms with Gasteiger partial charge in [-0.15, -0.1) is 0 Å². The van der Waals surface area contributed by atoms with Crippen molar-refractivity contribution >= 4 is 16.7 Å². The zero-order valence-electron chi connectivity index (χ0n) is 13.0. The first-order chi connectivity index (χ1) is 10.7. The lowest BCUT2D eigenvalue weighted by Gasteiger charge is -2.31. The van der Waals surface area contributed by atoms with Gasteiger partial charge in [-0.05, 0) is 48.4 Å². The van der Waals surface area contributed by atoms with Crippen LogP contribution in [0.5, 0.6) is 0 Å². The molecule has 1 saturated carbocycles. The van der Waals surface area contributed by atoms with Crippen molar-refractivity contribution in [2.24, 2.45) is 0 Å². The van der Waals surface area contributed by atoms with Crippen LogP contribution in [0.3, 0.4) is 0 Å². The lowest BCUT2D eigenvalue weighted by Crippen LogP contribution is -2.48. The molecule has 22 heavy (non-hydrogen) atoms. The smallest absolute Gasteiger partial charge is 0.241 e. The molecule has 4 rings (SSSR count). The minimum absolute atomic E-state index is 0.0708. The molecule has 2 aliphatic rings. The number of amides is 1. The standard InChI is InChI=1S/C19H22N2O/c1-21-18(22)17(20-19(21)10-4-5-11-19)13-14-8-9-15-6-2-3-7-16(15)12-14/h2-3,6-9,12,17,20H,4-5,10-11,13H2,1H3/t17-/m0/s1. The van der Waals surface area contributed by atoms with Gasteiger partial charge in [-0.25, -0.2) is 0 Å². The molecule has 1 aliphatic carbocycles. The van der Waals surface area contributed by atoms with Crippen molar-refractivity contribution in [1.29, 1.82) is 0 Å². The summed E-state index contributed by atoms with van der Waals surface area (Å²) in [6.45, 7) is 0. The van der Waals surface area contributed by atoms with Crippen LogP contribution >= 0.6 is 0 Å². The van der Waals surface area contributed by atoms with Gasteiger partial charge in [0.1, 0.15) is 0 Å². The van der Waals surface area contributed by atoms with E-state index in [4.69, 9.17) is 0 Å². The van der Waals surface area contributed by atoms with Gasteiger partial charge in [-0.3, -0.25) is 10.1 Å². The molecule has 1 amide bonds. The van der Waals surface area contributed by atoms with Crippen molar-refractivity contribution in [3.05, 3.63) is 48.0 Å². The predicted molar refractivity (Wildman–Crippen MR) is 88.5 cm³/mol. The highest BCUT2D eigenvalue weighted by atomic mass is 16.2. The molecule has 1 N–H and O–H groups in total. The van der Waals surface area contributed by atoms with E-state index in [2.05, 4.69) is 47.8 Å². The molecule has 2 aromatic carbocycles. The van der Waals surface area contributed by atoms with Gasteiger partial charge in [0.2, 0.25) is 5.91 Å². The Labute approximate surface area is 131 Å². The van der Waals surface area contributed by atoms with E-state index >= 15 is 0 Å². The van der Waals surface area contributed by atoms with Gasteiger partial charge in [0, 0.05) is 7.05 Å². The van der Waals surface area contributed by atoms with Gasteiger partial charge >= 0.3 is 0 Å². The van der Waals surface area contributed by atoms with E-state index in [-0.39, 0.29) is 17.6 Å². The number of fused-ring (bicyclic) bond motifs is 1. The lowest BCUT2D eigenvalue weighted by molar-refractivity contribution is -0.130. The highest BCUT2D eigenvalue weighted by Crippen LogP contribution is 2.37. The number of benzene rings is 2. The number of hydrogen-bond acceptors (Lipinski definition) is 2. The van der Waals surface area contributed by atoms with Crippen LogP contribution in [0.25, 0.3) is 10.8 Å². The van der Waals surface area contributed by atoms with Crippen LogP contribution in [0, 0.1) is 0 Å². The molecule has 1 spiro atoms. The highest BCUT2D eigenvalue weighted by molar-refractivity contribution is 5.86. The van der Waals surface area contributed by atoms with E-state index in [0.717, 1.165) is 19.3 Å². The molecule has 1 heterocycles. The maximum Gasteiger partial charge on any atom is 0.241 e. The topological polar surface area (TPSA) is 32.3 Å². The van der Waals surface area contributed by atoms with E-state index in [0.29, 0.717) is 0 Å². The number of hydrogen-bond donors (Lipinski definition) is 1. The number of rotatable bonds is 2. The van der Waals surface area contributed by atoms with E-state index in [1.165, 1.54) is 29.2 Å². The van der Waals surface area contributed by atoms with E-state index in [9.17, 15) is 4.79 Å². The first-order valence-electron chi connectivity index (χ1n) is 8.21. The number of nitrogens with one attached hydrogen (secondary N) is 1. The predicted octanol–water partition coefficient (Wildman–Crippen LogP) is 3.08. The largest absolute Gasteiger partial charge is 0.326 e. The summed E-state index contributed by atoms with van der Waals surface area (Å²) in [5, 5.41) is 6.13. The third-order valence-corrected chi connectivity index (χ3v) is 5.40. The Hall–Kier alpha value is -1.87. The van der Waals surface area contributed by atoms with Crippen molar-refractivity contribution in [2.75, 3.05) is 7.05 Å². The summed E-state index contributed by atoms with van der Waals surface area (Å²) >= 11 is 0. The molecule has 1 aliphatic heterocycles. The zero-order valence-corrected chi connectivity index (χ0v) is 13.0. The minimum atomic E-state index is -0.0794. The second kappa shape index (κ2) is 5.10. The summed E-state index contributed by atoms with van der Waals surface area (Å²) in [4.78, 5) is 14.6. The Kier molecular flexibility index (Phi) is 3.19. The summed E-state index contributed by atoms with van der Waals surface area (Å²) in [7, 11) is 1.96. The van der Waals surface area contributed by atoms with Crippen LogP contribution in [-0.4, -0.2) is 29.6 Å². The maximum atomic E-state index is 12.6. The first kappa shape index (κ1) is 13.8. The third kappa shape index (κ3) is 2.12. The monoisotopic (exact) mass is 294 g/mol. The first-order valence-corrected chi connectivity index (χ1v) is 8.21. The number of carbonyl (C=O) groups excluding carboxylic acids is 1. The molecular weight excluding hydrogens is 272 g/mol. The van der Waals surface area contributed by atoms with Gasteiger partial charge in [0.25, 0.3) is 0 Å². The van der Waals surface area contributed by atoms with Crippen molar-refractivity contribution in [1.82, 2.24) is 10.2 Å². The second-order valence-corrected chi connectivity index (χ2v) is 6.72. The fourth-order valence-corrected chi connectivity index (χ4v) is 4.11. The Balaban J connectivity index is 1.58. The average molecular weight is 294 g/mol. The minimum Gasteiger partial charge on any atom is -0.326 e. The van der Waals surface area contributed by atoms with Gasteiger partial charge in [-0.1, -0.05) is 42.5 Å². The summed E-state index contributed by atoms with van der Waals surface area (Å²) in [5.74, 6) is 0.245. The van der Waals surface area contributed by atoms with Crippen LogP contribution in [0.2, 0.25) is 0 Å². The number of carbonyl (C=O) groups is 1. The van der Waals surface area contributed by atoms with Gasteiger partial charge in [0.15, 0.2) is 0 Å². The maximum absolute atomic E-state index is 12.6. The van der Waals surface area contributed by atoms with Gasteiger partial charge in [0.05, 0.1) is 11.7 Å². The van der Waals surface area contributed by atoms with Crippen molar-refractivity contribution in [2.45, 2.75) is 43.8 Å². The fraction of sp³-hybridized carbons (Fsp3) is 0.421. The van der Waals surface area contributed by atoms with Crippen molar-refractivity contribution in [3.63, 3.8) is 0 Å². The Bertz CT molecular complexity index is 718. The van der Waals surface area contributed by atoms with Crippen LogP contribution in [0.15, 0.2) is 42.5 Å². The molecule has 0 aromatic heterocycles. The van der Waals surface area contributed by atoms with E-state index in [1.807, 2.05) is 11.9 Å². The average Bonchev–Trinajstić information content (AvgIpc) is 3.10. The third-order valence-electron chi connectivity index (χ3n) is 5.40. The van der Waals surface area contributed by atoms with Crippen LogP contribution < -0.4 is 5.32 Å². The number of likely N-dealkylation sites (N-methyl/N-ethyl adjacent to an activating group) is 1. The van der Waals surface area contributed by atoms with Crippen molar-refractivity contribution < 1.29 is 4.79 Å². The van der Waals surface area contributed by atoms with Crippen LogP contribution in [0.1, 0.15) is 31.2 Å². The Morgan fingerprint density at radius 2 is 1.86 bits per heavy atom. The second-order valence-electron chi connectivity index (χ2n) is 6.72. The number of nitrogens with zero attached hydrogens (tertiary/aromatic N) is 1. The Morgan fingerprint density at radius 1 is 1.14 bits per heavy atom. The molecule has 3 nitrogen and oxygen atoms in total. The summed E-state index contributed by atoms with van der Waals surface area (Å²) < 4.78 is 0. The summed E-state index contributed by atoms with van der Waals surface area (Å²) in [6, 6.07) is 14.8. The molecular formula is C19H22N2O. The van der Waals surface area contributed by atoms with E-state index < -0.39 is 0 Å². The quantitative estimate of drug-likeness (QED) is 0.923. The fourth-order valence-electron chi connectivity index (χ4n) is 4.11. The highest BCUT2D eigenvalue weighted by Gasteiger charge is 2.49. The lowest BCUT2D eigenvalue weighted by atomic mass is 10.0. The Morgan fingerprint density at radius 3 is 2.64 bits per heavy atom. The molecule has 0 bridgehead atoms. The molecule has 0 unspecified atom stereocenters. The molecule has 114 valence electrons. The van der Waals surface area contributed by atoms with Crippen molar-refractivity contribution in [3.8, 4) is 0 Å². The molecule has 2 fully saturated rings. The SMILES string of the molecule is CN1C(=O)[C@H](Cc2ccc3ccccc3c2)NC12CCCC2. The molecule has 1 atom stereocenters. The van der Waals surface area contributed by atoms with E-state index in [1.54, 1.807) is 0 Å². The van der Waals surface area contributed by atoms with Crippen LogP contribution in [-0.2, 0) is 11.2 Å². The van der Waals surface area contributed by atoms with Crippen LogP contribution in [0.4, 0.5) is 0 Å². The zero-order chi connectivity index (χ0) is 15.2. The van der Waals surface area contributed by atoms with Gasteiger partial charge < -0.3 is 4.90 Å². The molecule has 1 saturated heterocycles. The molecule has 2 aromatic rings. The summed E-state index contributed by atoms with van der Waals surface area (Å²) in [5.41, 5.74) is 1.16. The summed E-state index contributed by atoms with van der Waals surface area (Å²) in [6.07, 6.45) is 5.38. The molecule has 0 radical (unpaired) electrons. The van der Waals surface area contributed by atoms with Gasteiger partial charge in [-0.2, -0.15) is 0 Å². The molecule has 3 heteroatoms. The normalized spacial score (nSPS) is 23.8.